The zero-order valence-electron chi connectivity index (χ0n) is 6.96. The number of hydrogen-bond donors (Lipinski definition) is 2. The normalized spacial score (nSPS) is 45.9. The van der Waals surface area contributed by atoms with Gasteiger partial charge in [-0.25, -0.2) is 0 Å². The van der Waals surface area contributed by atoms with Crippen LogP contribution in [0.1, 0.15) is 27.2 Å². The van der Waals surface area contributed by atoms with E-state index >= 15 is 0 Å². The van der Waals surface area contributed by atoms with Crippen molar-refractivity contribution in [1.82, 2.24) is 0 Å². The van der Waals surface area contributed by atoms with Crippen LogP contribution in [0.3, 0.4) is 0 Å². The summed E-state index contributed by atoms with van der Waals surface area (Å²) in [4.78, 5) is 0. The van der Waals surface area contributed by atoms with Gasteiger partial charge in [-0.15, -0.1) is 0 Å². The minimum atomic E-state index is -0.317. The number of hydrogen-bond acceptors (Lipinski definition) is 2. The first-order chi connectivity index (χ1) is 4.46. The van der Waals surface area contributed by atoms with E-state index in [2.05, 4.69) is 20.8 Å². The van der Waals surface area contributed by atoms with E-state index in [0.29, 0.717) is 5.92 Å². The number of aliphatic hydroxyl groups is 1. The van der Waals surface area contributed by atoms with Crippen LogP contribution in [0.2, 0.25) is 0 Å². The Balaban J connectivity index is 2.75. The molecule has 2 nitrogen and oxygen atoms in total. The van der Waals surface area contributed by atoms with E-state index in [1.807, 2.05) is 0 Å². The first kappa shape index (κ1) is 8.02. The van der Waals surface area contributed by atoms with E-state index in [0.717, 1.165) is 6.42 Å². The molecule has 10 heavy (non-hydrogen) atoms. The number of rotatable bonds is 0. The van der Waals surface area contributed by atoms with Gasteiger partial charge in [-0.1, -0.05) is 20.8 Å². The van der Waals surface area contributed by atoms with Crippen molar-refractivity contribution in [2.75, 3.05) is 0 Å². The highest BCUT2D eigenvalue weighted by atomic mass is 16.3. The molecule has 0 heterocycles. The molecule has 0 aromatic heterocycles. The second-order valence-electron chi connectivity index (χ2n) is 4.07. The van der Waals surface area contributed by atoms with E-state index in [9.17, 15) is 5.11 Å². The van der Waals surface area contributed by atoms with E-state index < -0.39 is 0 Å². The maximum Gasteiger partial charge on any atom is 0.0744 e. The molecule has 0 amide bonds. The fraction of sp³-hybridized carbons (Fsp3) is 1.00. The van der Waals surface area contributed by atoms with Gasteiger partial charge in [0.2, 0.25) is 0 Å². The molecular formula is C8H17NO. The first-order valence-electron chi connectivity index (χ1n) is 3.90. The summed E-state index contributed by atoms with van der Waals surface area (Å²) in [5, 5.41) is 9.57. The zero-order valence-corrected chi connectivity index (χ0v) is 6.96. The fourth-order valence-corrected chi connectivity index (χ4v) is 1.68. The van der Waals surface area contributed by atoms with Crippen molar-refractivity contribution in [2.24, 2.45) is 17.1 Å². The van der Waals surface area contributed by atoms with E-state index in [-0.39, 0.29) is 17.6 Å². The van der Waals surface area contributed by atoms with E-state index in [4.69, 9.17) is 5.73 Å². The third kappa shape index (κ3) is 0.956. The van der Waals surface area contributed by atoms with Gasteiger partial charge in [-0.2, -0.15) is 0 Å². The van der Waals surface area contributed by atoms with Gasteiger partial charge in [0, 0.05) is 6.04 Å². The van der Waals surface area contributed by atoms with E-state index in [1.54, 1.807) is 0 Å². The van der Waals surface area contributed by atoms with Gasteiger partial charge in [0.1, 0.15) is 0 Å². The second kappa shape index (κ2) is 2.21. The molecule has 3 atom stereocenters. The molecule has 0 aliphatic heterocycles. The van der Waals surface area contributed by atoms with Crippen LogP contribution >= 0.6 is 0 Å². The molecule has 60 valence electrons. The summed E-state index contributed by atoms with van der Waals surface area (Å²) in [5.74, 6) is 0.539. The van der Waals surface area contributed by atoms with Crippen LogP contribution in [-0.2, 0) is 0 Å². The van der Waals surface area contributed by atoms with Gasteiger partial charge < -0.3 is 10.8 Å². The largest absolute Gasteiger partial charge is 0.391 e. The Morgan fingerprint density at radius 2 is 2.00 bits per heavy atom. The Bertz CT molecular complexity index is 133. The molecule has 0 aromatic rings. The summed E-state index contributed by atoms with van der Waals surface area (Å²) < 4.78 is 0. The number of aliphatic hydroxyl groups excluding tert-OH is 1. The minimum Gasteiger partial charge on any atom is -0.391 e. The maximum atomic E-state index is 9.57. The van der Waals surface area contributed by atoms with Crippen LogP contribution in [0.4, 0.5) is 0 Å². The van der Waals surface area contributed by atoms with Gasteiger partial charge in [-0.3, -0.25) is 0 Å². The first-order valence-corrected chi connectivity index (χ1v) is 3.90. The predicted octanol–water partition coefficient (Wildman–Crippen LogP) is 0.741. The van der Waals surface area contributed by atoms with Crippen LogP contribution < -0.4 is 5.73 Å². The molecule has 0 saturated heterocycles. The lowest BCUT2D eigenvalue weighted by Crippen LogP contribution is -2.37. The van der Waals surface area contributed by atoms with Crippen molar-refractivity contribution in [1.29, 1.82) is 0 Å². The smallest absolute Gasteiger partial charge is 0.0744 e. The molecule has 1 fully saturated rings. The molecule has 0 spiro atoms. The van der Waals surface area contributed by atoms with Crippen molar-refractivity contribution in [3.63, 3.8) is 0 Å². The summed E-state index contributed by atoms with van der Waals surface area (Å²) in [5.41, 5.74) is 5.71. The zero-order chi connectivity index (χ0) is 7.94. The molecule has 3 N–H and O–H groups in total. The SMILES string of the molecule is CC1CC(N)C(O)C1(C)C. The summed E-state index contributed by atoms with van der Waals surface area (Å²) >= 11 is 0. The molecule has 1 rings (SSSR count). The Morgan fingerprint density at radius 3 is 2.10 bits per heavy atom. The van der Waals surface area contributed by atoms with Crippen LogP contribution in [0, 0.1) is 11.3 Å². The summed E-state index contributed by atoms with van der Waals surface area (Å²) in [6.45, 7) is 6.31. The third-order valence-corrected chi connectivity index (χ3v) is 3.06. The average Bonchev–Trinajstić information content (AvgIpc) is 1.97. The van der Waals surface area contributed by atoms with Crippen LogP contribution in [0.15, 0.2) is 0 Å². The predicted molar refractivity (Wildman–Crippen MR) is 41.5 cm³/mol. The Hall–Kier alpha value is -0.0800. The summed E-state index contributed by atoms with van der Waals surface area (Å²) in [6, 6.07) is -0.00926. The van der Waals surface area contributed by atoms with Crippen LogP contribution in [0.5, 0.6) is 0 Å². The van der Waals surface area contributed by atoms with Gasteiger partial charge in [0.15, 0.2) is 0 Å². The second-order valence-corrected chi connectivity index (χ2v) is 4.07. The number of nitrogens with two attached hydrogens (primary N) is 1. The molecule has 2 heteroatoms. The van der Waals surface area contributed by atoms with Crippen molar-refractivity contribution < 1.29 is 5.11 Å². The highest BCUT2D eigenvalue weighted by Crippen LogP contribution is 2.41. The molecule has 1 aliphatic rings. The molecular weight excluding hydrogens is 126 g/mol. The van der Waals surface area contributed by atoms with Crippen molar-refractivity contribution in [2.45, 2.75) is 39.3 Å². The Labute approximate surface area is 62.4 Å². The standard InChI is InChI=1S/C8H17NO/c1-5-4-6(9)7(10)8(5,2)3/h5-7,10H,4,9H2,1-3H3. The van der Waals surface area contributed by atoms with Crippen LogP contribution in [-0.4, -0.2) is 17.3 Å². The van der Waals surface area contributed by atoms with Gasteiger partial charge in [-0.05, 0) is 17.8 Å². The highest BCUT2D eigenvalue weighted by Gasteiger charge is 2.44. The molecule has 0 bridgehead atoms. The lowest BCUT2D eigenvalue weighted by Gasteiger charge is -2.27. The Kier molecular flexibility index (Phi) is 1.77. The minimum absolute atomic E-state index is 0.00926. The van der Waals surface area contributed by atoms with Crippen molar-refractivity contribution >= 4 is 0 Å². The third-order valence-electron chi connectivity index (χ3n) is 3.06. The van der Waals surface area contributed by atoms with Crippen molar-refractivity contribution in [3.8, 4) is 0 Å². The molecule has 0 radical (unpaired) electrons. The topological polar surface area (TPSA) is 46.2 Å². The molecule has 0 aromatic carbocycles. The summed E-state index contributed by atoms with van der Waals surface area (Å²) in [6.07, 6.45) is 0.635. The lowest BCUT2D eigenvalue weighted by atomic mass is 9.81. The monoisotopic (exact) mass is 143 g/mol. The Morgan fingerprint density at radius 1 is 1.50 bits per heavy atom. The van der Waals surface area contributed by atoms with E-state index in [1.165, 1.54) is 0 Å². The quantitative estimate of drug-likeness (QED) is 0.525. The van der Waals surface area contributed by atoms with Gasteiger partial charge >= 0.3 is 0 Å². The maximum absolute atomic E-state index is 9.57. The average molecular weight is 143 g/mol. The summed E-state index contributed by atoms with van der Waals surface area (Å²) in [7, 11) is 0. The fourth-order valence-electron chi connectivity index (χ4n) is 1.68. The lowest BCUT2D eigenvalue weighted by molar-refractivity contribution is 0.0503. The highest BCUT2D eigenvalue weighted by molar-refractivity contribution is 4.97. The van der Waals surface area contributed by atoms with Crippen LogP contribution in [0.25, 0.3) is 0 Å². The molecule has 1 saturated carbocycles. The van der Waals surface area contributed by atoms with Gasteiger partial charge in [0.25, 0.3) is 0 Å². The molecule has 3 unspecified atom stereocenters. The van der Waals surface area contributed by atoms with Crippen molar-refractivity contribution in [3.05, 3.63) is 0 Å². The van der Waals surface area contributed by atoms with Gasteiger partial charge in [0.05, 0.1) is 6.10 Å². The molecule has 1 aliphatic carbocycles.